The van der Waals surface area contributed by atoms with Gasteiger partial charge in [-0.05, 0) is 26.0 Å². The average Bonchev–Trinajstić information content (AvgIpc) is 2.95. The van der Waals surface area contributed by atoms with E-state index in [1.165, 1.54) is 0 Å². The molecule has 0 radical (unpaired) electrons. The fourth-order valence-electron chi connectivity index (χ4n) is 2.02. The largest absolute Gasteiger partial charge is 0.444 e. The molecule has 0 atom stereocenters. The molecule has 0 spiro atoms. The van der Waals surface area contributed by atoms with Crippen molar-refractivity contribution in [2.24, 2.45) is 0 Å². The van der Waals surface area contributed by atoms with E-state index in [-0.39, 0.29) is 17.6 Å². The molecule has 3 aromatic heterocycles. The fourth-order valence-corrected chi connectivity index (χ4v) is 2.29. The van der Waals surface area contributed by atoms with Crippen molar-refractivity contribution in [3.05, 3.63) is 52.6 Å². The molecular formula is C14H13ClN4O2. The molecule has 0 aliphatic rings. The van der Waals surface area contributed by atoms with Gasteiger partial charge in [-0.1, -0.05) is 17.7 Å². The Morgan fingerprint density at radius 2 is 2.19 bits per heavy atom. The van der Waals surface area contributed by atoms with E-state index < -0.39 is 0 Å². The van der Waals surface area contributed by atoms with E-state index in [0.717, 1.165) is 11.5 Å². The third-order valence-corrected chi connectivity index (χ3v) is 3.44. The van der Waals surface area contributed by atoms with Crippen LogP contribution in [-0.4, -0.2) is 20.3 Å². The maximum atomic E-state index is 12.3. The van der Waals surface area contributed by atoms with Gasteiger partial charge < -0.3 is 9.73 Å². The Morgan fingerprint density at radius 3 is 2.90 bits per heavy atom. The van der Waals surface area contributed by atoms with Crippen LogP contribution in [-0.2, 0) is 6.54 Å². The first kappa shape index (κ1) is 13.6. The number of carbonyl (C=O) groups is 1. The van der Waals surface area contributed by atoms with E-state index in [4.69, 9.17) is 16.0 Å². The topological polar surface area (TPSA) is 72.4 Å². The first-order valence-electron chi connectivity index (χ1n) is 6.40. The fraction of sp³-hybridized carbons (Fsp3) is 0.214. The SMILES string of the molecule is Cc1nc(CNC(=O)c2c(Cl)nc3ccccn23)oc1C. The van der Waals surface area contributed by atoms with Gasteiger partial charge in [0.1, 0.15) is 11.4 Å². The Hall–Kier alpha value is -2.34. The molecule has 0 unspecified atom stereocenters. The van der Waals surface area contributed by atoms with Gasteiger partial charge in [-0.25, -0.2) is 9.97 Å². The minimum atomic E-state index is -0.327. The molecule has 3 aromatic rings. The summed E-state index contributed by atoms with van der Waals surface area (Å²) in [5, 5.41) is 2.90. The number of imidazole rings is 1. The molecule has 0 saturated carbocycles. The highest BCUT2D eigenvalue weighted by molar-refractivity contribution is 6.32. The second kappa shape index (κ2) is 5.21. The lowest BCUT2D eigenvalue weighted by Gasteiger charge is -2.03. The van der Waals surface area contributed by atoms with Crippen molar-refractivity contribution in [1.82, 2.24) is 19.7 Å². The van der Waals surface area contributed by atoms with Gasteiger partial charge in [0.25, 0.3) is 5.91 Å². The molecule has 0 aliphatic heterocycles. The van der Waals surface area contributed by atoms with Crippen LogP contribution >= 0.6 is 11.6 Å². The van der Waals surface area contributed by atoms with Crippen LogP contribution in [0.15, 0.2) is 28.8 Å². The summed E-state index contributed by atoms with van der Waals surface area (Å²) in [6.45, 7) is 3.88. The van der Waals surface area contributed by atoms with Crippen LogP contribution in [0.5, 0.6) is 0 Å². The molecular weight excluding hydrogens is 292 g/mol. The Labute approximate surface area is 125 Å². The summed E-state index contributed by atoms with van der Waals surface area (Å²) in [6, 6.07) is 5.42. The third-order valence-electron chi connectivity index (χ3n) is 3.18. The second-order valence-corrected chi connectivity index (χ2v) is 4.97. The summed E-state index contributed by atoms with van der Waals surface area (Å²) < 4.78 is 7.06. The van der Waals surface area contributed by atoms with Crippen molar-refractivity contribution >= 4 is 23.2 Å². The summed E-state index contributed by atoms with van der Waals surface area (Å²) in [7, 11) is 0. The number of pyridine rings is 1. The molecule has 21 heavy (non-hydrogen) atoms. The number of halogens is 1. The summed E-state index contributed by atoms with van der Waals surface area (Å²) in [6.07, 6.45) is 1.74. The average molecular weight is 305 g/mol. The lowest BCUT2D eigenvalue weighted by atomic mass is 10.4. The van der Waals surface area contributed by atoms with E-state index in [1.54, 1.807) is 16.7 Å². The van der Waals surface area contributed by atoms with E-state index >= 15 is 0 Å². The van der Waals surface area contributed by atoms with Crippen molar-refractivity contribution in [3.63, 3.8) is 0 Å². The van der Waals surface area contributed by atoms with Crippen molar-refractivity contribution in [2.45, 2.75) is 20.4 Å². The molecule has 0 aliphatic carbocycles. The zero-order chi connectivity index (χ0) is 15.0. The molecule has 0 fully saturated rings. The maximum absolute atomic E-state index is 12.3. The molecule has 108 valence electrons. The van der Waals surface area contributed by atoms with Gasteiger partial charge in [0.15, 0.2) is 10.8 Å². The number of amides is 1. The van der Waals surface area contributed by atoms with E-state index in [1.807, 2.05) is 26.0 Å². The van der Waals surface area contributed by atoms with Crippen LogP contribution in [0, 0.1) is 13.8 Å². The zero-order valence-corrected chi connectivity index (χ0v) is 12.3. The molecule has 1 amide bonds. The monoisotopic (exact) mass is 304 g/mol. The van der Waals surface area contributed by atoms with Crippen molar-refractivity contribution in [3.8, 4) is 0 Å². The third kappa shape index (κ3) is 2.50. The van der Waals surface area contributed by atoms with Crippen LogP contribution in [0.1, 0.15) is 27.8 Å². The van der Waals surface area contributed by atoms with Gasteiger partial charge >= 0.3 is 0 Å². The number of aryl methyl sites for hydroxylation is 2. The number of nitrogens with one attached hydrogen (secondary N) is 1. The number of fused-ring (bicyclic) bond motifs is 1. The molecule has 3 heterocycles. The minimum absolute atomic E-state index is 0.165. The van der Waals surface area contributed by atoms with Gasteiger partial charge in [-0.3, -0.25) is 9.20 Å². The number of nitrogens with zero attached hydrogens (tertiary/aromatic N) is 3. The molecule has 0 aromatic carbocycles. The highest BCUT2D eigenvalue weighted by atomic mass is 35.5. The number of hydrogen-bond donors (Lipinski definition) is 1. The Balaban J connectivity index is 1.82. The summed E-state index contributed by atoms with van der Waals surface area (Å²) in [5.41, 5.74) is 1.73. The lowest BCUT2D eigenvalue weighted by Crippen LogP contribution is -2.24. The smallest absolute Gasteiger partial charge is 0.271 e. The maximum Gasteiger partial charge on any atom is 0.271 e. The van der Waals surface area contributed by atoms with Crippen molar-refractivity contribution < 1.29 is 9.21 Å². The van der Waals surface area contributed by atoms with Gasteiger partial charge in [0.05, 0.1) is 12.2 Å². The van der Waals surface area contributed by atoms with E-state index in [2.05, 4.69) is 15.3 Å². The van der Waals surface area contributed by atoms with E-state index in [9.17, 15) is 4.79 Å². The molecule has 3 rings (SSSR count). The quantitative estimate of drug-likeness (QED) is 0.807. The predicted molar refractivity (Wildman–Crippen MR) is 77.3 cm³/mol. The Morgan fingerprint density at radius 1 is 1.38 bits per heavy atom. The minimum Gasteiger partial charge on any atom is -0.444 e. The first-order chi connectivity index (χ1) is 10.1. The van der Waals surface area contributed by atoms with Crippen molar-refractivity contribution in [2.75, 3.05) is 0 Å². The summed E-state index contributed by atoms with van der Waals surface area (Å²) >= 11 is 6.04. The van der Waals surface area contributed by atoms with Crippen LogP contribution in [0.25, 0.3) is 5.65 Å². The highest BCUT2D eigenvalue weighted by Crippen LogP contribution is 2.17. The molecule has 1 N–H and O–H groups in total. The van der Waals surface area contributed by atoms with E-state index in [0.29, 0.717) is 17.2 Å². The molecule has 0 saturated heterocycles. The van der Waals surface area contributed by atoms with Crippen LogP contribution < -0.4 is 5.32 Å². The lowest BCUT2D eigenvalue weighted by molar-refractivity contribution is 0.0941. The first-order valence-corrected chi connectivity index (χ1v) is 6.77. The molecule has 7 heteroatoms. The number of rotatable bonds is 3. The number of oxazole rings is 1. The van der Waals surface area contributed by atoms with Crippen LogP contribution in [0.2, 0.25) is 5.15 Å². The summed E-state index contributed by atoms with van der Waals surface area (Å²) in [4.78, 5) is 20.6. The summed E-state index contributed by atoms with van der Waals surface area (Å²) in [5.74, 6) is 0.877. The standard InChI is InChI=1S/C14H13ClN4O2/c1-8-9(2)21-11(17-8)7-16-14(20)12-13(15)18-10-5-3-4-6-19(10)12/h3-6H,7H2,1-2H3,(H,16,20). The van der Waals surface area contributed by atoms with Crippen LogP contribution in [0.4, 0.5) is 0 Å². The second-order valence-electron chi connectivity index (χ2n) is 4.61. The zero-order valence-electron chi connectivity index (χ0n) is 11.6. The number of aromatic nitrogens is 3. The Bertz CT molecular complexity index is 802. The van der Waals surface area contributed by atoms with Gasteiger partial charge in [-0.2, -0.15) is 0 Å². The number of carbonyl (C=O) groups excluding carboxylic acids is 1. The van der Waals surface area contributed by atoms with Crippen molar-refractivity contribution in [1.29, 1.82) is 0 Å². The molecule has 6 nitrogen and oxygen atoms in total. The molecule has 0 bridgehead atoms. The highest BCUT2D eigenvalue weighted by Gasteiger charge is 2.18. The van der Waals surface area contributed by atoms with Gasteiger partial charge in [0, 0.05) is 6.20 Å². The van der Waals surface area contributed by atoms with Gasteiger partial charge in [-0.15, -0.1) is 0 Å². The predicted octanol–water partition coefficient (Wildman–Crippen LogP) is 2.52. The van der Waals surface area contributed by atoms with Crippen LogP contribution in [0.3, 0.4) is 0 Å². The Kier molecular flexibility index (Phi) is 3.39. The van der Waals surface area contributed by atoms with Gasteiger partial charge in [0.2, 0.25) is 5.89 Å². The normalized spacial score (nSPS) is 11.0. The number of hydrogen-bond acceptors (Lipinski definition) is 4.